The summed E-state index contributed by atoms with van der Waals surface area (Å²) in [5.41, 5.74) is 8.63. The van der Waals surface area contributed by atoms with Crippen LogP contribution in [0.1, 0.15) is 70.4 Å². The number of hydrogen-bond acceptors (Lipinski definition) is 3. The number of aliphatic hydroxyl groups is 1. The molecule has 4 aliphatic carbocycles. The summed E-state index contributed by atoms with van der Waals surface area (Å²) in [7, 11) is 0.591. The first-order valence-corrected chi connectivity index (χ1v) is 16.0. The summed E-state index contributed by atoms with van der Waals surface area (Å²) in [6.45, 7) is 7.58. The van der Waals surface area contributed by atoms with Gasteiger partial charge in [0.05, 0.1) is 12.2 Å². The van der Waals surface area contributed by atoms with E-state index in [0.29, 0.717) is 35.3 Å². The van der Waals surface area contributed by atoms with E-state index in [1.165, 1.54) is 65.5 Å². The molecule has 40 heavy (non-hydrogen) atoms. The minimum Gasteiger partial charge on any atom is -0.552 e. The molecule has 0 aliphatic heterocycles. The number of benzene rings is 3. The van der Waals surface area contributed by atoms with Gasteiger partial charge in [0, 0.05) is 18.6 Å². The highest BCUT2D eigenvalue weighted by Gasteiger charge is 2.47. The molecular weight excluding hydrogens is 508 g/mol. The lowest BCUT2D eigenvalue weighted by Gasteiger charge is -2.52. The van der Waals surface area contributed by atoms with Gasteiger partial charge in [-0.2, -0.15) is 0 Å². The molecule has 4 aliphatic rings. The zero-order valence-corrected chi connectivity index (χ0v) is 26.6. The fourth-order valence-corrected chi connectivity index (χ4v) is 8.55. The van der Waals surface area contributed by atoms with Gasteiger partial charge in [0.15, 0.2) is 0 Å². The molecule has 3 aromatic carbocycles. The van der Waals surface area contributed by atoms with Crippen molar-refractivity contribution in [3.8, 4) is 28.0 Å². The Hall–Kier alpha value is -2.82. The van der Waals surface area contributed by atoms with Crippen LogP contribution in [0.2, 0.25) is 0 Å². The summed E-state index contributed by atoms with van der Waals surface area (Å²) in [6.07, 6.45) is 7.25. The van der Waals surface area contributed by atoms with Gasteiger partial charge in [-0.25, -0.2) is 0 Å². The van der Waals surface area contributed by atoms with Crippen LogP contribution >= 0.6 is 0 Å². The average molecular weight is 553 g/mol. The molecule has 4 bridgehead atoms. The minimum absolute atomic E-state index is 0.138. The molecule has 1 N–H and O–H groups in total. The minimum atomic E-state index is -0.157. The van der Waals surface area contributed by atoms with Gasteiger partial charge in [-0.1, -0.05) is 81.4 Å². The predicted molar refractivity (Wildman–Crippen MR) is 168 cm³/mol. The summed E-state index contributed by atoms with van der Waals surface area (Å²) in [5, 5.41) is 9.65. The van der Waals surface area contributed by atoms with Crippen molar-refractivity contribution in [3.63, 3.8) is 0 Å². The second kappa shape index (κ2) is 11.2. The summed E-state index contributed by atoms with van der Waals surface area (Å²) >= 11 is 0. The molecule has 4 heteroatoms. The summed E-state index contributed by atoms with van der Waals surface area (Å²) in [4.78, 5) is 0. The zero-order valence-electron chi connectivity index (χ0n) is 24.6. The fraction of sp³-hybridized carbons (Fsp3) is 0.444. The quantitative estimate of drug-likeness (QED) is 0.178. The van der Waals surface area contributed by atoms with Gasteiger partial charge in [0.2, 0.25) is 10.5 Å². The Balaban J connectivity index is 1.67. The molecular formula is C36H44O3Si. The molecule has 0 atom stereocenters. The molecule has 3 nitrogen and oxygen atoms in total. The second-order valence-corrected chi connectivity index (χ2v) is 13.7. The van der Waals surface area contributed by atoms with Gasteiger partial charge in [0.25, 0.3) is 0 Å². The van der Waals surface area contributed by atoms with Crippen molar-refractivity contribution < 1.29 is 14.3 Å². The average Bonchev–Trinajstić information content (AvgIpc) is 2.95. The smallest absolute Gasteiger partial charge is 0.204 e. The maximum atomic E-state index is 9.65. The van der Waals surface area contributed by atoms with E-state index in [0.717, 1.165) is 28.9 Å². The van der Waals surface area contributed by atoms with Gasteiger partial charge >= 0.3 is 0 Å². The van der Waals surface area contributed by atoms with Gasteiger partial charge < -0.3 is 14.3 Å². The number of ether oxygens (including phenoxy) is 1. The lowest BCUT2D eigenvalue weighted by molar-refractivity contribution is 0.0662. The molecule has 0 unspecified atom stereocenters. The highest BCUT2D eigenvalue weighted by molar-refractivity contribution is 6.02. The number of aliphatic hydroxyl groups excluding tert-OH is 1. The number of allylic oxidation sites excluding steroid dienone is 1. The fourth-order valence-electron chi connectivity index (χ4n) is 8.13. The molecule has 0 saturated heterocycles. The summed E-state index contributed by atoms with van der Waals surface area (Å²) < 4.78 is 13.4. The van der Waals surface area contributed by atoms with E-state index < -0.39 is 0 Å². The first kappa shape index (κ1) is 27.4. The van der Waals surface area contributed by atoms with Crippen molar-refractivity contribution in [2.45, 2.75) is 64.7 Å². The SMILES string of the molecule is CC(C)(C)c1c(O[SiH3])c(C(OCCCO)=C2C3CC4CC(C3)CC2C4)cc(-c2ccccc2)c1-c1ccccc1. The lowest BCUT2D eigenvalue weighted by Crippen LogP contribution is -2.41. The van der Waals surface area contributed by atoms with E-state index in [4.69, 9.17) is 9.16 Å². The third-order valence-corrected chi connectivity index (χ3v) is 9.86. The van der Waals surface area contributed by atoms with Crippen molar-refractivity contribution >= 4 is 16.2 Å². The Morgan fingerprint density at radius 2 is 1.43 bits per heavy atom. The van der Waals surface area contributed by atoms with E-state index in [1.54, 1.807) is 0 Å². The van der Waals surface area contributed by atoms with Crippen LogP contribution in [-0.2, 0) is 10.2 Å². The van der Waals surface area contributed by atoms with Gasteiger partial charge in [-0.05, 0) is 95.1 Å². The van der Waals surface area contributed by atoms with Crippen molar-refractivity contribution in [2.75, 3.05) is 13.2 Å². The molecule has 7 rings (SSSR count). The largest absolute Gasteiger partial charge is 0.552 e. The lowest BCUT2D eigenvalue weighted by atomic mass is 9.54. The van der Waals surface area contributed by atoms with E-state index in [-0.39, 0.29) is 12.0 Å². The van der Waals surface area contributed by atoms with Gasteiger partial charge in [0.1, 0.15) is 11.5 Å². The summed E-state index contributed by atoms with van der Waals surface area (Å²) in [6, 6.07) is 24.0. The van der Waals surface area contributed by atoms with Crippen molar-refractivity contribution in [3.05, 3.63) is 83.4 Å². The van der Waals surface area contributed by atoms with Crippen LogP contribution in [-0.4, -0.2) is 28.8 Å². The number of rotatable bonds is 8. The van der Waals surface area contributed by atoms with Crippen LogP contribution in [0.4, 0.5) is 0 Å². The topological polar surface area (TPSA) is 38.7 Å². The van der Waals surface area contributed by atoms with Crippen LogP contribution in [0.25, 0.3) is 28.0 Å². The standard InChI is InChI=1S/C36H44O3Si/c1-36(2,3)33-32(26-13-8-5-9-14-26)29(25-11-6-4-7-12-25)22-30(35(33)39-40)34(38-16-10-15-37)31-27-18-23-17-24(20-27)21-28(31)19-23/h4-9,11-14,22-24,27-28,37H,10,15-21H2,1-3,40H3. The van der Waals surface area contributed by atoms with Crippen LogP contribution in [0.5, 0.6) is 5.75 Å². The molecule has 0 aromatic heterocycles. The first-order valence-electron chi connectivity index (χ1n) is 15.2. The maximum Gasteiger partial charge on any atom is 0.204 e. The zero-order chi connectivity index (χ0) is 27.9. The Kier molecular flexibility index (Phi) is 7.67. The first-order chi connectivity index (χ1) is 19.4. The normalized spacial score (nSPS) is 23.4. The van der Waals surface area contributed by atoms with Crippen LogP contribution < -0.4 is 4.43 Å². The van der Waals surface area contributed by atoms with Crippen LogP contribution in [0.15, 0.2) is 72.3 Å². The van der Waals surface area contributed by atoms with Crippen molar-refractivity contribution in [1.82, 2.24) is 0 Å². The molecule has 4 saturated carbocycles. The molecule has 210 valence electrons. The van der Waals surface area contributed by atoms with E-state index >= 15 is 0 Å². The highest BCUT2D eigenvalue weighted by Crippen LogP contribution is 2.59. The van der Waals surface area contributed by atoms with E-state index in [2.05, 4.69) is 87.5 Å². The third kappa shape index (κ3) is 5.05. The second-order valence-electron chi connectivity index (χ2n) is 13.3. The predicted octanol–water partition coefficient (Wildman–Crippen LogP) is 7.54. The molecule has 0 spiro atoms. The molecule has 0 amide bonds. The Morgan fingerprint density at radius 3 is 1.95 bits per heavy atom. The Labute approximate surface area is 243 Å². The molecule has 4 fully saturated rings. The maximum absolute atomic E-state index is 9.65. The van der Waals surface area contributed by atoms with Crippen molar-refractivity contribution in [2.24, 2.45) is 23.7 Å². The Bertz CT molecular complexity index is 1340. The molecule has 0 heterocycles. The van der Waals surface area contributed by atoms with Gasteiger partial charge in [-0.15, -0.1) is 0 Å². The van der Waals surface area contributed by atoms with Crippen LogP contribution in [0, 0.1) is 23.7 Å². The molecule has 0 radical (unpaired) electrons. The molecule has 3 aromatic rings. The number of hydrogen-bond donors (Lipinski definition) is 1. The monoisotopic (exact) mass is 552 g/mol. The van der Waals surface area contributed by atoms with Crippen LogP contribution in [0.3, 0.4) is 0 Å². The van der Waals surface area contributed by atoms with Crippen molar-refractivity contribution in [1.29, 1.82) is 0 Å². The van der Waals surface area contributed by atoms with E-state index in [1.807, 2.05) is 0 Å². The van der Waals surface area contributed by atoms with E-state index in [9.17, 15) is 5.11 Å². The highest BCUT2D eigenvalue weighted by atomic mass is 28.2. The summed E-state index contributed by atoms with van der Waals surface area (Å²) in [5.74, 6) is 5.01. The third-order valence-electron chi connectivity index (χ3n) is 9.45. The Morgan fingerprint density at radius 1 is 0.850 bits per heavy atom. The van der Waals surface area contributed by atoms with Gasteiger partial charge in [-0.3, -0.25) is 0 Å².